The zero-order valence-electron chi connectivity index (χ0n) is 8.20. The van der Waals surface area contributed by atoms with Crippen molar-refractivity contribution in [2.75, 3.05) is 13.1 Å². The smallest absolute Gasteiger partial charge is 0.0768 e. The first-order chi connectivity index (χ1) is 6.16. The monoisotopic (exact) mass is 198 g/mol. The van der Waals surface area contributed by atoms with Crippen molar-refractivity contribution in [1.29, 1.82) is 0 Å². The second-order valence-electron chi connectivity index (χ2n) is 4.59. The minimum Gasteiger partial charge on any atom is -0.393 e. The molecule has 1 heterocycles. The van der Waals surface area contributed by atoms with E-state index in [4.69, 9.17) is 18.0 Å². The summed E-state index contributed by atoms with van der Waals surface area (Å²) in [5.41, 5.74) is 5.62. The second-order valence-corrected chi connectivity index (χ2v) is 5.06. The van der Waals surface area contributed by atoms with Crippen molar-refractivity contribution in [3.8, 4) is 0 Å². The molecular formula is C10H18N2S. The van der Waals surface area contributed by atoms with Gasteiger partial charge in [0.05, 0.1) is 4.99 Å². The number of fused-ring (bicyclic) bond motifs is 2. The fraction of sp³-hybridized carbons (Fsp3) is 0.900. The standard InChI is InChI=1S/C10H18N2S/c1-7(10(11)13)5-12-6-8-2-3-9(12)4-8/h7-9H,2-6H2,1H3,(H2,11,13). The molecule has 1 aliphatic heterocycles. The minimum absolute atomic E-state index is 0.384. The third kappa shape index (κ3) is 1.86. The van der Waals surface area contributed by atoms with E-state index in [2.05, 4.69) is 11.8 Å². The highest BCUT2D eigenvalue weighted by Gasteiger charge is 2.37. The number of hydrogen-bond donors (Lipinski definition) is 1. The van der Waals surface area contributed by atoms with Crippen LogP contribution in [0.15, 0.2) is 0 Å². The summed E-state index contributed by atoms with van der Waals surface area (Å²) < 4.78 is 0. The van der Waals surface area contributed by atoms with Gasteiger partial charge in [-0.1, -0.05) is 19.1 Å². The molecule has 74 valence electrons. The Morgan fingerprint density at radius 2 is 2.38 bits per heavy atom. The number of hydrogen-bond acceptors (Lipinski definition) is 2. The predicted octanol–water partition coefficient (Wildman–Crippen LogP) is 1.39. The predicted molar refractivity (Wildman–Crippen MR) is 58.7 cm³/mol. The van der Waals surface area contributed by atoms with Crippen LogP contribution in [0, 0.1) is 11.8 Å². The number of nitrogens with two attached hydrogens (primary N) is 1. The Morgan fingerprint density at radius 3 is 2.85 bits per heavy atom. The topological polar surface area (TPSA) is 29.3 Å². The molecule has 2 bridgehead atoms. The van der Waals surface area contributed by atoms with Gasteiger partial charge in [0.15, 0.2) is 0 Å². The van der Waals surface area contributed by atoms with Crippen LogP contribution in [-0.2, 0) is 0 Å². The highest BCUT2D eigenvalue weighted by Crippen LogP contribution is 2.37. The van der Waals surface area contributed by atoms with E-state index < -0.39 is 0 Å². The van der Waals surface area contributed by atoms with Gasteiger partial charge in [-0.2, -0.15) is 0 Å². The summed E-state index contributed by atoms with van der Waals surface area (Å²) in [6.45, 7) is 4.50. The molecule has 0 amide bonds. The first-order valence-electron chi connectivity index (χ1n) is 5.20. The van der Waals surface area contributed by atoms with Crippen LogP contribution in [0.3, 0.4) is 0 Å². The summed E-state index contributed by atoms with van der Waals surface area (Å²) in [6.07, 6.45) is 4.27. The molecule has 1 saturated carbocycles. The maximum Gasteiger partial charge on any atom is 0.0768 e. The lowest BCUT2D eigenvalue weighted by atomic mass is 10.1. The zero-order valence-corrected chi connectivity index (χ0v) is 9.02. The Balaban J connectivity index is 1.86. The average Bonchev–Trinajstić information content (AvgIpc) is 2.64. The van der Waals surface area contributed by atoms with E-state index in [0.717, 1.165) is 18.5 Å². The highest BCUT2D eigenvalue weighted by atomic mass is 32.1. The SMILES string of the molecule is CC(CN1CC2CCC1C2)C(N)=S. The van der Waals surface area contributed by atoms with E-state index in [0.29, 0.717) is 10.9 Å². The molecule has 2 nitrogen and oxygen atoms in total. The molecule has 3 heteroatoms. The number of thiocarbonyl (C=S) groups is 1. The van der Waals surface area contributed by atoms with Gasteiger partial charge < -0.3 is 5.73 Å². The third-order valence-corrected chi connectivity index (χ3v) is 3.92. The summed E-state index contributed by atoms with van der Waals surface area (Å²) >= 11 is 4.99. The van der Waals surface area contributed by atoms with Crippen LogP contribution in [0.25, 0.3) is 0 Å². The lowest BCUT2D eigenvalue weighted by Crippen LogP contribution is -2.38. The van der Waals surface area contributed by atoms with Gasteiger partial charge in [0.1, 0.15) is 0 Å². The van der Waals surface area contributed by atoms with E-state index in [1.165, 1.54) is 25.8 Å². The lowest BCUT2D eigenvalue weighted by Gasteiger charge is -2.28. The van der Waals surface area contributed by atoms with Gasteiger partial charge in [-0.05, 0) is 25.2 Å². The Kier molecular flexibility index (Phi) is 2.56. The molecule has 13 heavy (non-hydrogen) atoms. The number of piperidine rings is 1. The van der Waals surface area contributed by atoms with E-state index in [9.17, 15) is 0 Å². The summed E-state index contributed by atoms with van der Waals surface area (Å²) in [6, 6.07) is 0.849. The van der Waals surface area contributed by atoms with E-state index in [-0.39, 0.29) is 0 Å². The van der Waals surface area contributed by atoms with Crippen molar-refractivity contribution in [2.45, 2.75) is 32.2 Å². The lowest BCUT2D eigenvalue weighted by molar-refractivity contribution is 0.202. The van der Waals surface area contributed by atoms with Gasteiger partial charge in [0, 0.05) is 25.0 Å². The maximum absolute atomic E-state index is 5.62. The molecule has 2 aliphatic rings. The van der Waals surface area contributed by atoms with Crippen molar-refractivity contribution >= 4 is 17.2 Å². The second kappa shape index (κ2) is 3.54. The van der Waals surface area contributed by atoms with Gasteiger partial charge in [0.25, 0.3) is 0 Å². The molecule has 3 atom stereocenters. The highest BCUT2D eigenvalue weighted by molar-refractivity contribution is 7.80. The molecule has 0 aromatic heterocycles. The molecule has 2 rings (SSSR count). The zero-order chi connectivity index (χ0) is 9.42. The van der Waals surface area contributed by atoms with Crippen molar-refractivity contribution in [2.24, 2.45) is 17.6 Å². The van der Waals surface area contributed by atoms with Crippen LogP contribution < -0.4 is 5.73 Å². The largest absolute Gasteiger partial charge is 0.393 e. The quantitative estimate of drug-likeness (QED) is 0.695. The van der Waals surface area contributed by atoms with Crippen LogP contribution in [-0.4, -0.2) is 29.0 Å². The summed E-state index contributed by atoms with van der Waals surface area (Å²) in [4.78, 5) is 3.25. The Hall–Kier alpha value is -0.150. The van der Waals surface area contributed by atoms with Gasteiger partial charge in [-0.25, -0.2) is 0 Å². The Labute approximate surface area is 85.5 Å². The molecular weight excluding hydrogens is 180 g/mol. The minimum atomic E-state index is 0.384. The Bertz CT molecular complexity index is 217. The first kappa shape index (κ1) is 9.41. The normalized spacial score (nSPS) is 35.2. The van der Waals surface area contributed by atoms with Crippen LogP contribution in [0.2, 0.25) is 0 Å². The molecule has 2 fully saturated rings. The van der Waals surface area contributed by atoms with Crippen molar-refractivity contribution in [1.82, 2.24) is 4.90 Å². The number of nitrogens with zero attached hydrogens (tertiary/aromatic N) is 1. The molecule has 0 radical (unpaired) electrons. The molecule has 1 saturated heterocycles. The van der Waals surface area contributed by atoms with Crippen LogP contribution >= 0.6 is 12.2 Å². The molecule has 0 aromatic rings. The molecule has 0 spiro atoms. The Morgan fingerprint density at radius 1 is 1.62 bits per heavy atom. The van der Waals surface area contributed by atoms with E-state index in [1.54, 1.807) is 0 Å². The van der Waals surface area contributed by atoms with Gasteiger partial charge >= 0.3 is 0 Å². The van der Waals surface area contributed by atoms with Crippen LogP contribution in [0.1, 0.15) is 26.2 Å². The van der Waals surface area contributed by atoms with Crippen molar-refractivity contribution in [3.05, 3.63) is 0 Å². The van der Waals surface area contributed by atoms with Gasteiger partial charge in [0.2, 0.25) is 0 Å². The maximum atomic E-state index is 5.62. The van der Waals surface area contributed by atoms with Crippen LogP contribution in [0.5, 0.6) is 0 Å². The van der Waals surface area contributed by atoms with Crippen LogP contribution in [0.4, 0.5) is 0 Å². The average molecular weight is 198 g/mol. The number of rotatable bonds is 3. The molecule has 1 aliphatic carbocycles. The molecule has 3 unspecified atom stereocenters. The first-order valence-corrected chi connectivity index (χ1v) is 5.61. The van der Waals surface area contributed by atoms with Gasteiger partial charge in [-0.15, -0.1) is 0 Å². The fourth-order valence-corrected chi connectivity index (χ4v) is 2.77. The van der Waals surface area contributed by atoms with Gasteiger partial charge in [-0.3, -0.25) is 4.90 Å². The third-order valence-electron chi connectivity index (χ3n) is 3.52. The number of likely N-dealkylation sites (tertiary alicyclic amines) is 1. The fourth-order valence-electron chi connectivity index (χ4n) is 2.69. The summed E-state index contributed by atoms with van der Waals surface area (Å²) in [5, 5.41) is 0. The molecule has 2 N–H and O–H groups in total. The van der Waals surface area contributed by atoms with Crippen molar-refractivity contribution < 1.29 is 0 Å². The van der Waals surface area contributed by atoms with Crippen molar-refractivity contribution in [3.63, 3.8) is 0 Å². The summed E-state index contributed by atoms with van der Waals surface area (Å²) in [5.74, 6) is 1.36. The molecule has 0 aromatic carbocycles. The van der Waals surface area contributed by atoms with E-state index >= 15 is 0 Å². The van der Waals surface area contributed by atoms with E-state index in [1.807, 2.05) is 0 Å². The summed E-state index contributed by atoms with van der Waals surface area (Å²) in [7, 11) is 0.